The number of carbonyl (C=O) groups is 2. The van der Waals surface area contributed by atoms with Crippen LogP contribution in [0.15, 0.2) is 30.3 Å². The summed E-state index contributed by atoms with van der Waals surface area (Å²) in [6.07, 6.45) is 1.83. The highest BCUT2D eigenvalue weighted by Crippen LogP contribution is 2.02. The normalized spacial score (nSPS) is 14.9. The maximum absolute atomic E-state index is 12.1. The molecule has 1 aromatic rings. The van der Waals surface area contributed by atoms with E-state index >= 15 is 0 Å². The van der Waals surface area contributed by atoms with E-state index in [2.05, 4.69) is 22.3 Å². The second-order valence-corrected chi connectivity index (χ2v) is 6.33. The molecule has 1 saturated heterocycles. The lowest BCUT2D eigenvalue weighted by Crippen LogP contribution is -2.45. The van der Waals surface area contributed by atoms with E-state index in [1.807, 2.05) is 18.2 Å². The maximum atomic E-state index is 12.1. The lowest BCUT2D eigenvalue weighted by Gasteiger charge is -2.29. The van der Waals surface area contributed by atoms with Gasteiger partial charge in [-0.3, -0.25) is 14.5 Å². The fraction of sp³-hybridized carbons (Fsp3) is 0.579. The molecule has 1 N–H and O–H groups in total. The van der Waals surface area contributed by atoms with Crippen LogP contribution in [0.3, 0.4) is 0 Å². The van der Waals surface area contributed by atoms with Crippen LogP contribution in [0.1, 0.15) is 18.9 Å². The van der Waals surface area contributed by atoms with Gasteiger partial charge in [-0.1, -0.05) is 30.3 Å². The summed E-state index contributed by atoms with van der Waals surface area (Å²) in [7, 11) is 0. The van der Waals surface area contributed by atoms with Crippen molar-refractivity contribution in [2.45, 2.75) is 19.8 Å². The first-order valence-corrected chi connectivity index (χ1v) is 9.01. The highest BCUT2D eigenvalue weighted by atomic mass is 16.5. The molecule has 1 aromatic carbocycles. The van der Waals surface area contributed by atoms with Gasteiger partial charge in [0.1, 0.15) is 0 Å². The molecule has 2 rings (SSSR count). The number of aryl methyl sites for hydroxylation is 1. The standard InChI is InChI=1S/C19H29N3O3/c1-17(23)22(11-10-21-12-14-25-15-13-21)16-19(24)20-9-5-8-18-6-3-2-4-7-18/h2-4,6-7H,5,8-16H2,1H3,(H,20,24). The molecule has 6 nitrogen and oxygen atoms in total. The fourth-order valence-corrected chi connectivity index (χ4v) is 2.83. The topological polar surface area (TPSA) is 61.9 Å². The summed E-state index contributed by atoms with van der Waals surface area (Å²) in [5, 5.41) is 2.91. The van der Waals surface area contributed by atoms with E-state index in [9.17, 15) is 9.59 Å². The van der Waals surface area contributed by atoms with Crippen molar-refractivity contribution >= 4 is 11.8 Å². The lowest BCUT2D eigenvalue weighted by atomic mass is 10.1. The van der Waals surface area contributed by atoms with Crippen molar-refractivity contribution in [2.75, 3.05) is 52.5 Å². The number of nitrogens with one attached hydrogen (secondary N) is 1. The van der Waals surface area contributed by atoms with Gasteiger partial charge in [-0.05, 0) is 18.4 Å². The van der Waals surface area contributed by atoms with Gasteiger partial charge in [0, 0.05) is 39.6 Å². The van der Waals surface area contributed by atoms with Gasteiger partial charge in [0.15, 0.2) is 0 Å². The predicted molar refractivity (Wildman–Crippen MR) is 97.3 cm³/mol. The van der Waals surface area contributed by atoms with Crippen molar-refractivity contribution in [1.82, 2.24) is 15.1 Å². The predicted octanol–water partition coefficient (Wildman–Crippen LogP) is 0.916. The van der Waals surface area contributed by atoms with Crippen molar-refractivity contribution in [2.24, 2.45) is 0 Å². The molecule has 0 atom stereocenters. The Kier molecular flexibility index (Phi) is 8.42. The summed E-state index contributed by atoms with van der Waals surface area (Å²) >= 11 is 0. The summed E-state index contributed by atoms with van der Waals surface area (Å²) < 4.78 is 5.32. The molecular formula is C19H29N3O3. The fourth-order valence-electron chi connectivity index (χ4n) is 2.83. The molecule has 2 amide bonds. The number of rotatable bonds is 9. The second kappa shape index (κ2) is 10.8. The molecule has 1 fully saturated rings. The van der Waals surface area contributed by atoms with Gasteiger partial charge in [-0.15, -0.1) is 0 Å². The van der Waals surface area contributed by atoms with Gasteiger partial charge in [0.05, 0.1) is 19.8 Å². The van der Waals surface area contributed by atoms with Crippen molar-refractivity contribution in [1.29, 1.82) is 0 Å². The third-order valence-corrected chi connectivity index (χ3v) is 4.38. The van der Waals surface area contributed by atoms with Crippen molar-refractivity contribution in [3.8, 4) is 0 Å². The van der Waals surface area contributed by atoms with Crippen LogP contribution in [0, 0.1) is 0 Å². The Morgan fingerprint density at radius 1 is 1.20 bits per heavy atom. The quantitative estimate of drug-likeness (QED) is 0.675. The zero-order chi connectivity index (χ0) is 17.9. The Morgan fingerprint density at radius 2 is 1.92 bits per heavy atom. The van der Waals surface area contributed by atoms with Gasteiger partial charge in [0.25, 0.3) is 0 Å². The Hall–Kier alpha value is -1.92. The maximum Gasteiger partial charge on any atom is 0.239 e. The van der Waals surface area contributed by atoms with Gasteiger partial charge >= 0.3 is 0 Å². The van der Waals surface area contributed by atoms with Crippen LogP contribution in [0.4, 0.5) is 0 Å². The molecule has 1 aliphatic rings. The highest BCUT2D eigenvalue weighted by Gasteiger charge is 2.16. The molecule has 138 valence electrons. The number of morpholine rings is 1. The Labute approximate surface area is 150 Å². The molecular weight excluding hydrogens is 318 g/mol. The number of benzene rings is 1. The monoisotopic (exact) mass is 347 g/mol. The Morgan fingerprint density at radius 3 is 2.60 bits per heavy atom. The van der Waals surface area contributed by atoms with Crippen molar-refractivity contribution in [3.05, 3.63) is 35.9 Å². The van der Waals surface area contributed by atoms with Crippen molar-refractivity contribution < 1.29 is 14.3 Å². The van der Waals surface area contributed by atoms with Crippen LogP contribution in [-0.4, -0.2) is 74.1 Å². The van der Waals surface area contributed by atoms with E-state index in [4.69, 9.17) is 4.74 Å². The van der Waals surface area contributed by atoms with Crippen LogP contribution in [0.25, 0.3) is 0 Å². The molecule has 1 aliphatic heterocycles. The zero-order valence-electron chi connectivity index (χ0n) is 15.1. The van der Waals surface area contributed by atoms with E-state index in [1.165, 1.54) is 12.5 Å². The zero-order valence-corrected chi connectivity index (χ0v) is 15.1. The number of nitrogens with zero attached hydrogens (tertiary/aromatic N) is 2. The van der Waals surface area contributed by atoms with E-state index in [0.717, 1.165) is 45.7 Å². The number of carbonyl (C=O) groups excluding carboxylic acids is 2. The van der Waals surface area contributed by atoms with Gasteiger partial charge in [0.2, 0.25) is 11.8 Å². The Bertz CT molecular complexity index is 530. The number of hydrogen-bond acceptors (Lipinski definition) is 4. The lowest BCUT2D eigenvalue weighted by molar-refractivity contribution is -0.134. The number of amides is 2. The van der Waals surface area contributed by atoms with Gasteiger partial charge < -0.3 is 15.0 Å². The van der Waals surface area contributed by atoms with E-state index in [-0.39, 0.29) is 18.4 Å². The number of hydrogen-bond donors (Lipinski definition) is 1. The average Bonchev–Trinajstić information content (AvgIpc) is 2.64. The molecule has 0 spiro atoms. The molecule has 0 unspecified atom stereocenters. The largest absolute Gasteiger partial charge is 0.379 e. The van der Waals surface area contributed by atoms with Gasteiger partial charge in [-0.25, -0.2) is 0 Å². The molecule has 0 radical (unpaired) electrons. The Balaban J connectivity index is 1.64. The van der Waals surface area contributed by atoms with Crippen LogP contribution in [0.5, 0.6) is 0 Å². The highest BCUT2D eigenvalue weighted by molar-refractivity contribution is 5.83. The summed E-state index contributed by atoms with van der Waals surface area (Å²) in [4.78, 5) is 27.7. The SMILES string of the molecule is CC(=O)N(CCN1CCOCC1)CC(=O)NCCCc1ccccc1. The van der Waals surface area contributed by atoms with Crippen molar-refractivity contribution in [3.63, 3.8) is 0 Å². The third-order valence-electron chi connectivity index (χ3n) is 4.38. The molecule has 6 heteroatoms. The molecule has 0 aromatic heterocycles. The van der Waals surface area contributed by atoms with Crippen LogP contribution in [0.2, 0.25) is 0 Å². The first-order chi connectivity index (χ1) is 12.1. The summed E-state index contributed by atoms with van der Waals surface area (Å²) in [5.41, 5.74) is 1.27. The molecule has 25 heavy (non-hydrogen) atoms. The molecule has 0 bridgehead atoms. The smallest absolute Gasteiger partial charge is 0.239 e. The number of ether oxygens (including phenoxy) is 1. The first-order valence-electron chi connectivity index (χ1n) is 9.01. The summed E-state index contributed by atoms with van der Waals surface area (Å²) in [6, 6.07) is 10.2. The minimum atomic E-state index is -0.0924. The second-order valence-electron chi connectivity index (χ2n) is 6.33. The average molecular weight is 347 g/mol. The van der Waals surface area contributed by atoms with E-state index in [0.29, 0.717) is 13.1 Å². The summed E-state index contributed by atoms with van der Waals surface area (Å²) in [5.74, 6) is -0.155. The minimum Gasteiger partial charge on any atom is -0.379 e. The molecule has 0 aliphatic carbocycles. The minimum absolute atomic E-state index is 0.0623. The molecule has 0 saturated carbocycles. The van der Waals surface area contributed by atoms with Crippen LogP contribution >= 0.6 is 0 Å². The summed E-state index contributed by atoms with van der Waals surface area (Å²) in [6.45, 7) is 6.88. The molecule has 1 heterocycles. The van der Waals surface area contributed by atoms with E-state index in [1.54, 1.807) is 4.90 Å². The van der Waals surface area contributed by atoms with Crippen LogP contribution in [-0.2, 0) is 20.7 Å². The van der Waals surface area contributed by atoms with E-state index < -0.39 is 0 Å². The third kappa shape index (κ3) is 7.67. The van der Waals surface area contributed by atoms with Crippen LogP contribution < -0.4 is 5.32 Å². The first kappa shape index (κ1) is 19.4. The van der Waals surface area contributed by atoms with Gasteiger partial charge in [-0.2, -0.15) is 0 Å².